The van der Waals surface area contributed by atoms with Crippen LogP contribution in [0.25, 0.3) is 0 Å². The van der Waals surface area contributed by atoms with Crippen molar-refractivity contribution in [1.29, 1.82) is 0 Å². The molecule has 0 aliphatic rings. The van der Waals surface area contributed by atoms with Gasteiger partial charge in [0.2, 0.25) is 10.0 Å². The number of benzene rings is 1. The lowest BCUT2D eigenvalue weighted by atomic mass is 10.0. The average molecular weight is 306 g/mol. The Hall–Kier alpha value is -0.620. The number of sulfonamides is 1. The highest BCUT2D eigenvalue weighted by Crippen LogP contribution is 2.23. The smallest absolute Gasteiger partial charge is 0.242 e. The van der Waals surface area contributed by atoms with Crippen LogP contribution in [0.15, 0.2) is 23.1 Å². The normalized spacial score (nSPS) is 13.8. The minimum absolute atomic E-state index is 0.0137. The third-order valence-corrected chi connectivity index (χ3v) is 4.99. The summed E-state index contributed by atoms with van der Waals surface area (Å²) in [5.74, 6) is 0.194. The van der Waals surface area contributed by atoms with Gasteiger partial charge in [-0.3, -0.25) is 0 Å². The van der Waals surface area contributed by atoms with E-state index >= 15 is 0 Å². The van der Waals surface area contributed by atoms with Crippen LogP contribution in [-0.4, -0.2) is 19.6 Å². The molecule has 4 nitrogen and oxygen atoms in total. The van der Waals surface area contributed by atoms with Gasteiger partial charge in [0.1, 0.15) is 4.90 Å². The maximum absolute atomic E-state index is 12.3. The Kier molecular flexibility index (Phi) is 5.80. The molecule has 0 aromatic heterocycles. The molecule has 1 aromatic rings. The summed E-state index contributed by atoms with van der Waals surface area (Å²) in [5, 5.41) is 9.23. The molecule has 1 aromatic carbocycles. The second kappa shape index (κ2) is 6.70. The molecule has 0 saturated heterocycles. The van der Waals surface area contributed by atoms with Crippen LogP contribution in [0.4, 0.5) is 0 Å². The summed E-state index contributed by atoms with van der Waals surface area (Å²) >= 11 is 5.94. The first-order chi connectivity index (χ1) is 8.81. The minimum Gasteiger partial charge on any atom is -0.392 e. The maximum atomic E-state index is 12.3. The van der Waals surface area contributed by atoms with Crippen molar-refractivity contribution in [2.24, 2.45) is 5.92 Å². The molecule has 2 N–H and O–H groups in total. The number of hydrogen-bond acceptors (Lipinski definition) is 3. The van der Waals surface area contributed by atoms with E-state index in [1.807, 2.05) is 20.8 Å². The molecular formula is C13H20ClNO3S. The molecule has 19 heavy (non-hydrogen) atoms. The molecule has 0 aliphatic heterocycles. The van der Waals surface area contributed by atoms with Crippen LogP contribution >= 0.6 is 11.6 Å². The van der Waals surface area contributed by atoms with Crippen LogP contribution in [0, 0.1) is 5.92 Å². The highest BCUT2D eigenvalue weighted by Gasteiger charge is 2.23. The van der Waals surface area contributed by atoms with Crippen molar-refractivity contribution in [3.8, 4) is 0 Å². The van der Waals surface area contributed by atoms with Gasteiger partial charge in [-0.25, -0.2) is 13.1 Å². The van der Waals surface area contributed by atoms with E-state index in [2.05, 4.69) is 4.72 Å². The van der Waals surface area contributed by atoms with Crippen molar-refractivity contribution in [1.82, 2.24) is 4.72 Å². The van der Waals surface area contributed by atoms with E-state index in [-0.39, 0.29) is 28.5 Å². The lowest BCUT2D eigenvalue weighted by Gasteiger charge is -2.21. The molecule has 0 heterocycles. The Morgan fingerprint density at radius 2 is 2.00 bits per heavy atom. The van der Waals surface area contributed by atoms with Gasteiger partial charge >= 0.3 is 0 Å². The average Bonchev–Trinajstić information content (AvgIpc) is 2.36. The summed E-state index contributed by atoms with van der Waals surface area (Å²) in [4.78, 5) is 0.0137. The van der Waals surface area contributed by atoms with Gasteiger partial charge in [0.25, 0.3) is 0 Å². The van der Waals surface area contributed by atoms with Crippen LogP contribution in [0.1, 0.15) is 32.8 Å². The van der Waals surface area contributed by atoms with Gasteiger partial charge in [0.05, 0.1) is 11.6 Å². The Morgan fingerprint density at radius 1 is 1.37 bits per heavy atom. The quantitative estimate of drug-likeness (QED) is 0.849. The van der Waals surface area contributed by atoms with Gasteiger partial charge in [0.15, 0.2) is 0 Å². The maximum Gasteiger partial charge on any atom is 0.242 e. The van der Waals surface area contributed by atoms with Gasteiger partial charge in [0, 0.05) is 6.04 Å². The van der Waals surface area contributed by atoms with Crippen molar-refractivity contribution in [2.75, 3.05) is 0 Å². The van der Waals surface area contributed by atoms with E-state index in [0.29, 0.717) is 12.0 Å². The molecule has 108 valence electrons. The molecule has 0 spiro atoms. The molecule has 1 atom stereocenters. The predicted octanol–water partition coefficient (Wildman–Crippen LogP) is 2.55. The van der Waals surface area contributed by atoms with Crippen molar-refractivity contribution in [3.63, 3.8) is 0 Å². The van der Waals surface area contributed by atoms with Gasteiger partial charge in [-0.15, -0.1) is 0 Å². The van der Waals surface area contributed by atoms with E-state index in [4.69, 9.17) is 16.7 Å². The summed E-state index contributed by atoms with van der Waals surface area (Å²) in [6.07, 6.45) is 0.703. The number of halogens is 1. The molecule has 0 amide bonds. The number of rotatable bonds is 6. The molecule has 0 bridgehead atoms. The summed E-state index contributed by atoms with van der Waals surface area (Å²) in [6.45, 7) is 5.63. The Balaban J connectivity index is 3.13. The van der Waals surface area contributed by atoms with E-state index in [0.717, 1.165) is 0 Å². The van der Waals surface area contributed by atoms with E-state index < -0.39 is 10.0 Å². The summed E-state index contributed by atoms with van der Waals surface area (Å²) in [6, 6.07) is 4.34. The summed E-state index contributed by atoms with van der Waals surface area (Å²) in [5.41, 5.74) is 0.516. The zero-order chi connectivity index (χ0) is 14.6. The number of nitrogens with one attached hydrogen (secondary N) is 1. The standard InChI is InChI=1S/C13H20ClNO3S/c1-4-12(9(2)3)15-19(17,18)13-7-10(8-16)5-6-11(13)14/h5-7,9,12,15-16H,4,8H2,1-3H3. The van der Waals surface area contributed by atoms with Gasteiger partial charge in [-0.1, -0.05) is 38.4 Å². The van der Waals surface area contributed by atoms with Crippen LogP contribution in [0.3, 0.4) is 0 Å². The van der Waals surface area contributed by atoms with Crippen molar-refractivity contribution in [3.05, 3.63) is 28.8 Å². The van der Waals surface area contributed by atoms with Crippen molar-refractivity contribution >= 4 is 21.6 Å². The molecule has 0 saturated carbocycles. The number of aliphatic hydroxyl groups is 1. The fourth-order valence-electron chi connectivity index (χ4n) is 1.81. The number of aliphatic hydroxyl groups excluding tert-OH is 1. The minimum atomic E-state index is -3.67. The first kappa shape index (κ1) is 16.4. The number of hydrogen-bond donors (Lipinski definition) is 2. The molecule has 0 aliphatic carbocycles. The lowest BCUT2D eigenvalue weighted by Crippen LogP contribution is -2.38. The molecule has 1 unspecified atom stereocenters. The fraction of sp³-hybridized carbons (Fsp3) is 0.538. The van der Waals surface area contributed by atoms with E-state index in [1.165, 1.54) is 12.1 Å². The predicted molar refractivity (Wildman–Crippen MR) is 76.6 cm³/mol. The SMILES string of the molecule is CCC(NS(=O)(=O)c1cc(CO)ccc1Cl)C(C)C. The highest BCUT2D eigenvalue weighted by molar-refractivity contribution is 7.89. The molecular weight excluding hydrogens is 286 g/mol. The monoisotopic (exact) mass is 305 g/mol. The van der Waals surface area contributed by atoms with Crippen molar-refractivity contribution < 1.29 is 13.5 Å². The summed E-state index contributed by atoms with van der Waals surface area (Å²) in [7, 11) is -3.67. The lowest BCUT2D eigenvalue weighted by molar-refractivity contribution is 0.281. The third-order valence-electron chi connectivity index (χ3n) is 3.02. The second-order valence-corrected chi connectivity index (χ2v) is 6.89. The van der Waals surface area contributed by atoms with E-state index in [9.17, 15) is 8.42 Å². The zero-order valence-electron chi connectivity index (χ0n) is 11.4. The van der Waals surface area contributed by atoms with E-state index in [1.54, 1.807) is 6.07 Å². The molecule has 6 heteroatoms. The Labute approximate surface area is 119 Å². The highest BCUT2D eigenvalue weighted by atomic mass is 35.5. The van der Waals surface area contributed by atoms with Crippen LogP contribution < -0.4 is 4.72 Å². The molecule has 1 rings (SSSR count). The topological polar surface area (TPSA) is 66.4 Å². The van der Waals surface area contributed by atoms with Crippen LogP contribution in [-0.2, 0) is 16.6 Å². The van der Waals surface area contributed by atoms with Crippen LogP contribution in [0.5, 0.6) is 0 Å². The first-order valence-electron chi connectivity index (χ1n) is 6.23. The largest absolute Gasteiger partial charge is 0.392 e. The second-order valence-electron chi connectivity index (χ2n) is 4.80. The first-order valence-corrected chi connectivity index (χ1v) is 8.09. The van der Waals surface area contributed by atoms with Gasteiger partial charge in [-0.05, 0) is 30.0 Å². The van der Waals surface area contributed by atoms with Crippen LogP contribution in [0.2, 0.25) is 5.02 Å². The van der Waals surface area contributed by atoms with Gasteiger partial charge in [-0.2, -0.15) is 0 Å². The van der Waals surface area contributed by atoms with Crippen molar-refractivity contribution in [2.45, 2.75) is 44.7 Å². The molecule has 0 fully saturated rings. The Morgan fingerprint density at radius 3 is 2.47 bits per heavy atom. The Bertz CT molecular complexity index is 529. The third kappa shape index (κ3) is 4.18. The van der Waals surface area contributed by atoms with Gasteiger partial charge < -0.3 is 5.11 Å². The molecule has 0 radical (unpaired) electrons. The zero-order valence-corrected chi connectivity index (χ0v) is 12.9. The summed E-state index contributed by atoms with van der Waals surface area (Å²) < 4.78 is 27.3. The fourth-order valence-corrected chi connectivity index (χ4v) is 3.82.